The summed E-state index contributed by atoms with van der Waals surface area (Å²) in [7, 11) is 0. The monoisotopic (exact) mass is 213 g/mol. The van der Waals surface area contributed by atoms with Gasteiger partial charge >= 0.3 is 0 Å². The Morgan fingerprint density at radius 3 is 2.67 bits per heavy atom. The molecule has 0 aliphatic carbocycles. The number of primary amides is 2. The van der Waals surface area contributed by atoms with Gasteiger partial charge in [0.25, 0.3) is 11.8 Å². The first-order valence-electron chi connectivity index (χ1n) is 3.87. The highest BCUT2D eigenvalue weighted by Crippen LogP contribution is 2.15. The van der Waals surface area contributed by atoms with Crippen LogP contribution in [0, 0.1) is 5.82 Å². The third-order valence-electron chi connectivity index (χ3n) is 1.43. The Labute approximate surface area is 84.0 Å². The van der Waals surface area contributed by atoms with E-state index in [1.165, 1.54) is 0 Å². The molecule has 0 aliphatic heterocycles. The number of carbonyl (C=O) groups is 2. The molecule has 0 aromatic carbocycles. The standard InChI is InChI=1S/C8H8FN3O3/c9-4-1-5(7(11)14)8(12-2-4)15-3-6(10)13/h1-2H,3H2,(H2,10,13)(H2,11,14). The van der Waals surface area contributed by atoms with Gasteiger partial charge in [-0.05, 0) is 6.07 Å². The number of halogens is 1. The third-order valence-corrected chi connectivity index (χ3v) is 1.43. The van der Waals surface area contributed by atoms with Gasteiger partial charge in [-0.25, -0.2) is 9.37 Å². The van der Waals surface area contributed by atoms with E-state index in [2.05, 4.69) is 4.98 Å². The highest BCUT2D eigenvalue weighted by molar-refractivity contribution is 5.95. The van der Waals surface area contributed by atoms with Gasteiger partial charge in [-0.2, -0.15) is 0 Å². The van der Waals surface area contributed by atoms with Crippen LogP contribution < -0.4 is 16.2 Å². The summed E-state index contributed by atoms with van der Waals surface area (Å²) in [6.45, 7) is -0.459. The van der Waals surface area contributed by atoms with Gasteiger partial charge in [0.15, 0.2) is 6.61 Å². The summed E-state index contributed by atoms with van der Waals surface area (Å²) in [6, 6.07) is 0.867. The maximum absolute atomic E-state index is 12.7. The maximum atomic E-state index is 12.7. The molecule has 0 atom stereocenters. The molecule has 0 saturated carbocycles. The Morgan fingerprint density at radius 1 is 1.47 bits per heavy atom. The molecule has 0 fully saturated rings. The van der Waals surface area contributed by atoms with Gasteiger partial charge in [-0.3, -0.25) is 9.59 Å². The number of pyridine rings is 1. The van der Waals surface area contributed by atoms with E-state index in [9.17, 15) is 14.0 Å². The minimum atomic E-state index is -0.901. The largest absolute Gasteiger partial charge is 0.467 e. The van der Waals surface area contributed by atoms with Gasteiger partial charge < -0.3 is 16.2 Å². The van der Waals surface area contributed by atoms with Gasteiger partial charge in [-0.15, -0.1) is 0 Å². The van der Waals surface area contributed by atoms with Crippen molar-refractivity contribution in [3.05, 3.63) is 23.6 Å². The molecule has 0 bridgehead atoms. The van der Waals surface area contributed by atoms with Gasteiger partial charge in [0.2, 0.25) is 5.88 Å². The Morgan fingerprint density at radius 2 is 2.13 bits per heavy atom. The second-order valence-electron chi connectivity index (χ2n) is 2.63. The minimum absolute atomic E-state index is 0.220. The van der Waals surface area contributed by atoms with Crippen LogP contribution >= 0.6 is 0 Å². The molecule has 7 heteroatoms. The van der Waals surface area contributed by atoms with E-state index in [0.29, 0.717) is 0 Å². The molecule has 1 aromatic heterocycles. The van der Waals surface area contributed by atoms with Crippen LogP contribution in [0.5, 0.6) is 5.88 Å². The Hall–Kier alpha value is -2.18. The smallest absolute Gasteiger partial charge is 0.255 e. The van der Waals surface area contributed by atoms with Crippen LogP contribution in [0.1, 0.15) is 10.4 Å². The zero-order chi connectivity index (χ0) is 11.4. The van der Waals surface area contributed by atoms with Crippen molar-refractivity contribution < 1.29 is 18.7 Å². The Balaban J connectivity index is 2.95. The number of ether oxygens (including phenoxy) is 1. The minimum Gasteiger partial charge on any atom is -0.467 e. The number of rotatable bonds is 4. The molecule has 0 spiro atoms. The molecule has 15 heavy (non-hydrogen) atoms. The van der Waals surface area contributed by atoms with E-state index in [1.807, 2.05) is 0 Å². The molecule has 80 valence electrons. The SMILES string of the molecule is NC(=O)COc1ncc(F)cc1C(N)=O. The van der Waals surface area contributed by atoms with Crippen LogP contribution in [-0.2, 0) is 4.79 Å². The molecule has 0 aliphatic rings. The lowest BCUT2D eigenvalue weighted by Crippen LogP contribution is -2.22. The molecule has 1 aromatic rings. The molecule has 4 N–H and O–H groups in total. The molecule has 0 saturated heterocycles. The number of hydrogen-bond donors (Lipinski definition) is 2. The molecule has 1 heterocycles. The summed E-state index contributed by atoms with van der Waals surface area (Å²) in [4.78, 5) is 24.7. The Bertz CT molecular complexity index is 408. The lowest BCUT2D eigenvalue weighted by molar-refractivity contribution is -0.120. The molecule has 2 amide bonds. The molecule has 1 rings (SSSR count). The van der Waals surface area contributed by atoms with E-state index in [1.54, 1.807) is 0 Å². The lowest BCUT2D eigenvalue weighted by atomic mass is 10.2. The predicted molar refractivity (Wildman–Crippen MR) is 47.4 cm³/mol. The Kier molecular flexibility index (Phi) is 3.17. The van der Waals surface area contributed by atoms with Crippen molar-refractivity contribution in [2.45, 2.75) is 0 Å². The zero-order valence-electron chi connectivity index (χ0n) is 7.57. The molecule has 0 radical (unpaired) electrons. The number of aromatic nitrogens is 1. The maximum Gasteiger partial charge on any atom is 0.255 e. The predicted octanol–water partition coefficient (Wildman–Crippen LogP) is -0.816. The van der Waals surface area contributed by atoms with Gasteiger partial charge in [0, 0.05) is 0 Å². The van der Waals surface area contributed by atoms with Gasteiger partial charge in [-0.1, -0.05) is 0 Å². The first kappa shape index (κ1) is 10.9. The fourth-order valence-corrected chi connectivity index (χ4v) is 0.858. The fraction of sp³-hybridized carbons (Fsp3) is 0.125. The van der Waals surface area contributed by atoms with Crippen LogP contribution in [0.4, 0.5) is 4.39 Å². The summed E-state index contributed by atoms with van der Waals surface area (Å²) >= 11 is 0. The van der Waals surface area contributed by atoms with Crippen LogP contribution in [0.25, 0.3) is 0 Å². The summed E-state index contributed by atoms with van der Waals surface area (Å²) in [5.74, 6) is -2.59. The van der Waals surface area contributed by atoms with Gasteiger partial charge in [0.05, 0.1) is 6.20 Å². The summed E-state index contributed by atoms with van der Waals surface area (Å²) < 4.78 is 17.5. The van der Waals surface area contributed by atoms with Gasteiger partial charge in [0.1, 0.15) is 11.4 Å². The zero-order valence-corrected chi connectivity index (χ0v) is 7.57. The number of nitrogens with two attached hydrogens (primary N) is 2. The number of nitrogens with zero attached hydrogens (tertiary/aromatic N) is 1. The first-order valence-corrected chi connectivity index (χ1v) is 3.87. The van der Waals surface area contributed by atoms with Crippen LogP contribution in [0.2, 0.25) is 0 Å². The highest BCUT2D eigenvalue weighted by Gasteiger charge is 2.13. The second-order valence-corrected chi connectivity index (χ2v) is 2.63. The quantitative estimate of drug-likeness (QED) is 0.681. The van der Waals surface area contributed by atoms with Crippen molar-refractivity contribution in [1.29, 1.82) is 0 Å². The summed E-state index contributed by atoms with van der Waals surface area (Å²) in [5, 5.41) is 0. The van der Waals surface area contributed by atoms with Crippen LogP contribution in [0.3, 0.4) is 0 Å². The molecule has 6 nitrogen and oxygen atoms in total. The summed E-state index contributed by atoms with van der Waals surface area (Å²) in [6.07, 6.45) is 0.836. The van der Waals surface area contributed by atoms with E-state index in [-0.39, 0.29) is 11.4 Å². The number of carbonyl (C=O) groups excluding carboxylic acids is 2. The molecular formula is C8H8FN3O3. The van der Waals surface area contributed by atoms with Crippen molar-refractivity contribution in [2.75, 3.05) is 6.61 Å². The first-order chi connectivity index (χ1) is 7.00. The molecular weight excluding hydrogens is 205 g/mol. The van der Waals surface area contributed by atoms with Crippen LogP contribution in [-0.4, -0.2) is 23.4 Å². The second kappa shape index (κ2) is 4.36. The normalized spacial score (nSPS) is 9.67. The van der Waals surface area contributed by atoms with E-state index in [0.717, 1.165) is 12.3 Å². The number of amides is 2. The van der Waals surface area contributed by atoms with Crippen molar-refractivity contribution in [1.82, 2.24) is 4.98 Å². The average molecular weight is 213 g/mol. The van der Waals surface area contributed by atoms with E-state index in [4.69, 9.17) is 16.2 Å². The van der Waals surface area contributed by atoms with Crippen molar-refractivity contribution >= 4 is 11.8 Å². The van der Waals surface area contributed by atoms with Crippen molar-refractivity contribution in [3.8, 4) is 5.88 Å². The van der Waals surface area contributed by atoms with Crippen LogP contribution in [0.15, 0.2) is 12.3 Å². The fourth-order valence-electron chi connectivity index (χ4n) is 0.858. The highest BCUT2D eigenvalue weighted by atomic mass is 19.1. The topological polar surface area (TPSA) is 108 Å². The number of hydrogen-bond acceptors (Lipinski definition) is 4. The van der Waals surface area contributed by atoms with E-state index >= 15 is 0 Å². The third kappa shape index (κ3) is 2.90. The average Bonchev–Trinajstić information content (AvgIpc) is 2.15. The van der Waals surface area contributed by atoms with Crippen molar-refractivity contribution in [3.63, 3.8) is 0 Å². The lowest BCUT2D eigenvalue weighted by Gasteiger charge is -2.05. The molecule has 0 unspecified atom stereocenters. The van der Waals surface area contributed by atoms with E-state index < -0.39 is 24.2 Å². The van der Waals surface area contributed by atoms with Crippen molar-refractivity contribution in [2.24, 2.45) is 11.5 Å². The summed E-state index contributed by atoms with van der Waals surface area (Å²) in [5.41, 5.74) is 9.52.